The van der Waals surface area contributed by atoms with Crippen LogP contribution in [0.1, 0.15) is 48.0 Å². The van der Waals surface area contributed by atoms with Gasteiger partial charge in [0.05, 0.1) is 12.1 Å². The zero-order chi connectivity index (χ0) is 14.1. The van der Waals surface area contributed by atoms with Crippen LogP contribution in [0.2, 0.25) is 0 Å². The van der Waals surface area contributed by atoms with E-state index in [0.29, 0.717) is 13.0 Å². The van der Waals surface area contributed by atoms with E-state index in [1.807, 2.05) is 25.7 Å². The van der Waals surface area contributed by atoms with Crippen LogP contribution in [0, 0.1) is 5.41 Å². The highest BCUT2D eigenvalue weighted by atomic mass is 16.3. The summed E-state index contributed by atoms with van der Waals surface area (Å²) >= 11 is 0. The van der Waals surface area contributed by atoms with Gasteiger partial charge in [0.1, 0.15) is 0 Å². The summed E-state index contributed by atoms with van der Waals surface area (Å²) in [5.74, 6) is 0.111. The van der Waals surface area contributed by atoms with Crippen molar-refractivity contribution in [3.63, 3.8) is 0 Å². The van der Waals surface area contributed by atoms with Gasteiger partial charge in [-0.3, -0.25) is 4.79 Å². The van der Waals surface area contributed by atoms with Crippen molar-refractivity contribution in [1.29, 1.82) is 0 Å². The van der Waals surface area contributed by atoms with Crippen molar-refractivity contribution < 1.29 is 9.90 Å². The van der Waals surface area contributed by atoms with Crippen LogP contribution in [-0.4, -0.2) is 46.7 Å². The second-order valence-corrected chi connectivity index (χ2v) is 6.85. The molecule has 18 heavy (non-hydrogen) atoms. The molecule has 0 spiro atoms. The van der Waals surface area contributed by atoms with E-state index in [1.165, 1.54) is 0 Å². The number of hydrogen-bond acceptors (Lipinski definition) is 3. The van der Waals surface area contributed by atoms with Crippen molar-refractivity contribution in [2.24, 2.45) is 5.41 Å². The molecule has 1 rings (SSSR count). The maximum absolute atomic E-state index is 12.6. The largest absolute Gasteiger partial charge is 0.391 e. The number of carbonyl (C=O) groups is 1. The molecular formula is C14H28N2O2. The fraction of sp³-hybridized carbons (Fsp3) is 0.929. The Morgan fingerprint density at radius 2 is 1.94 bits per heavy atom. The minimum atomic E-state index is -0.372. The number of amides is 1. The molecule has 3 unspecified atom stereocenters. The van der Waals surface area contributed by atoms with E-state index in [4.69, 9.17) is 0 Å². The minimum absolute atomic E-state index is 0.111. The number of aliphatic hydroxyl groups excluding tert-OH is 1. The van der Waals surface area contributed by atoms with Crippen LogP contribution in [0.4, 0.5) is 0 Å². The fourth-order valence-corrected chi connectivity index (χ4v) is 2.50. The first kappa shape index (κ1) is 15.4. The third kappa shape index (κ3) is 3.69. The van der Waals surface area contributed by atoms with Crippen LogP contribution in [0.25, 0.3) is 0 Å². The number of carbonyl (C=O) groups excluding carboxylic acids is 1. The average Bonchev–Trinajstić information content (AvgIpc) is 2.51. The SMILES string of the molecule is CC(C)NC(C(=O)N1CC(O)CC1C)C(C)(C)C. The van der Waals surface area contributed by atoms with Gasteiger partial charge in [-0.1, -0.05) is 34.6 Å². The number of likely N-dealkylation sites (tertiary alicyclic amines) is 1. The topological polar surface area (TPSA) is 52.6 Å². The maximum atomic E-state index is 12.6. The van der Waals surface area contributed by atoms with Crippen LogP contribution in [0.3, 0.4) is 0 Å². The van der Waals surface area contributed by atoms with Gasteiger partial charge in [0.25, 0.3) is 0 Å². The molecule has 1 aliphatic rings. The second kappa shape index (κ2) is 5.57. The van der Waals surface area contributed by atoms with Crippen LogP contribution >= 0.6 is 0 Å². The first-order chi connectivity index (χ1) is 8.12. The Bertz CT molecular complexity index is 297. The summed E-state index contributed by atoms with van der Waals surface area (Å²) in [7, 11) is 0. The van der Waals surface area contributed by atoms with E-state index < -0.39 is 0 Å². The Balaban J connectivity index is 2.83. The molecule has 4 heteroatoms. The predicted molar refractivity (Wildman–Crippen MR) is 73.3 cm³/mol. The molecule has 1 amide bonds. The van der Waals surface area contributed by atoms with E-state index in [-0.39, 0.29) is 35.6 Å². The second-order valence-electron chi connectivity index (χ2n) is 6.85. The van der Waals surface area contributed by atoms with Crippen LogP contribution in [0.5, 0.6) is 0 Å². The van der Waals surface area contributed by atoms with E-state index in [1.54, 1.807) is 0 Å². The molecule has 1 heterocycles. The Morgan fingerprint density at radius 3 is 2.28 bits per heavy atom. The molecule has 0 aliphatic carbocycles. The molecule has 2 N–H and O–H groups in total. The zero-order valence-corrected chi connectivity index (χ0v) is 12.5. The molecule has 3 atom stereocenters. The van der Waals surface area contributed by atoms with E-state index >= 15 is 0 Å². The van der Waals surface area contributed by atoms with Crippen molar-refractivity contribution in [2.45, 2.75) is 72.2 Å². The molecule has 0 bridgehead atoms. The van der Waals surface area contributed by atoms with Gasteiger partial charge >= 0.3 is 0 Å². The monoisotopic (exact) mass is 256 g/mol. The Morgan fingerprint density at radius 1 is 1.39 bits per heavy atom. The smallest absolute Gasteiger partial charge is 0.240 e. The normalized spacial score (nSPS) is 26.8. The molecule has 4 nitrogen and oxygen atoms in total. The highest BCUT2D eigenvalue weighted by Crippen LogP contribution is 2.25. The number of rotatable bonds is 3. The van der Waals surface area contributed by atoms with Crippen LogP contribution in [-0.2, 0) is 4.79 Å². The van der Waals surface area contributed by atoms with E-state index in [9.17, 15) is 9.90 Å². The lowest BCUT2D eigenvalue weighted by Crippen LogP contribution is -2.55. The molecule has 0 aromatic carbocycles. The standard InChI is InChI=1S/C14H28N2O2/c1-9(2)15-12(14(4,5)6)13(18)16-8-11(17)7-10(16)3/h9-12,15,17H,7-8H2,1-6H3. The maximum Gasteiger partial charge on any atom is 0.240 e. The molecule has 1 aliphatic heterocycles. The molecule has 106 valence electrons. The third-order valence-corrected chi connectivity index (χ3v) is 3.45. The molecule has 0 saturated carbocycles. The minimum Gasteiger partial charge on any atom is -0.391 e. The van der Waals surface area contributed by atoms with Crippen LogP contribution in [0.15, 0.2) is 0 Å². The van der Waals surface area contributed by atoms with Gasteiger partial charge in [-0.25, -0.2) is 0 Å². The lowest BCUT2D eigenvalue weighted by molar-refractivity contribution is -0.137. The Kier molecular flexibility index (Phi) is 4.78. The summed E-state index contributed by atoms with van der Waals surface area (Å²) in [6.07, 6.45) is 0.313. The summed E-state index contributed by atoms with van der Waals surface area (Å²) in [5.41, 5.74) is -0.130. The fourth-order valence-electron chi connectivity index (χ4n) is 2.50. The number of nitrogens with zero attached hydrogens (tertiary/aromatic N) is 1. The molecule has 0 radical (unpaired) electrons. The highest BCUT2D eigenvalue weighted by Gasteiger charge is 2.39. The van der Waals surface area contributed by atoms with E-state index in [2.05, 4.69) is 26.1 Å². The summed E-state index contributed by atoms with van der Waals surface area (Å²) in [4.78, 5) is 14.5. The molecular weight excluding hydrogens is 228 g/mol. The van der Waals surface area contributed by atoms with Crippen molar-refractivity contribution >= 4 is 5.91 Å². The van der Waals surface area contributed by atoms with Gasteiger partial charge in [-0.05, 0) is 18.8 Å². The average molecular weight is 256 g/mol. The number of β-amino-alcohol motifs (C(OH)–C–C–N with tert-alkyl or cyclic N) is 1. The predicted octanol–water partition coefficient (Wildman–Crippen LogP) is 1.38. The van der Waals surface area contributed by atoms with Crippen LogP contribution < -0.4 is 5.32 Å². The van der Waals surface area contributed by atoms with Crippen molar-refractivity contribution in [1.82, 2.24) is 10.2 Å². The van der Waals surface area contributed by atoms with Crippen molar-refractivity contribution in [3.05, 3.63) is 0 Å². The summed E-state index contributed by atoms with van der Waals surface area (Å²) in [6, 6.07) is 0.192. The third-order valence-electron chi connectivity index (χ3n) is 3.45. The number of nitrogens with one attached hydrogen (secondary N) is 1. The lowest BCUT2D eigenvalue weighted by Gasteiger charge is -2.36. The number of aliphatic hydroxyl groups is 1. The van der Waals surface area contributed by atoms with Gasteiger partial charge in [0.15, 0.2) is 0 Å². The van der Waals surface area contributed by atoms with Gasteiger partial charge in [0, 0.05) is 18.6 Å². The summed E-state index contributed by atoms with van der Waals surface area (Å²) < 4.78 is 0. The Hall–Kier alpha value is -0.610. The highest BCUT2D eigenvalue weighted by molar-refractivity contribution is 5.83. The van der Waals surface area contributed by atoms with Gasteiger partial charge in [-0.15, -0.1) is 0 Å². The lowest BCUT2D eigenvalue weighted by atomic mass is 9.85. The molecule has 0 aromatic rings. The van der Waals surface area contributed by atoms with Crippen molar-refractivity contribution in [3.8, 4) is 0 Å². The first-order valence-electron chi connectivity index (χ1n) is 6.87. The quantitative estimate of drug-likeness (QED) is 0.802. The van der Waals surface area contributed by atoms with Gasteiger partial charge in [-0.2, -0.15) is 0 Å². The molecule has 1 fully saturated rings. The number of hydrogen-bond donors (Lipinski definition) is 2. The first-order valence-corrected chi connectivity index (χ1v) is 6.87. The van der Waals surface area contributed by atoms with Gasteiger partial charge in [0.2, 0.25) is 5.91 Å². The zero-order valence-electron chi connectivity index (χ0n) is 12.5. The summed E-state index contributed by atoms with van der Waals surface area (Å²) in [5, 5.41) is 13.0. The van der Waals surface area contributed by atoms with Crippen molar-refractivity contribution in [2.75, 3.05) is 6.54 Å². The summed E-state index contributed by atoms with van der Waals surface area (Å²) in [6.45, 7) is 12.8. The van der Waals surface area contributed by atoms with E-state index in [0.717, 1.165) is 0 Å². The Labute approximate surface area is 111 Å². The molecule has 0 aromatic heterocycles. The molecule has 1 saturated heterocycles. The van der Waals surface area contributed by atoms with Gasteiger partial charge < -0.3 is 15.3 Å².